The van der Waals surface area contributed by atoms with Crippen LogP contribution in [0.2, 0.25) is 0 Å². The minimum Gasteiger partial charge on any atom is -0.497 e. The van der Waals surface area contributed by atoms with Crippen LogP contribution in [0.5, 0.6) is 5.75 Å². The molecule has 0 saturated heterocycles. The summed E-state index contributed by atoms with van der Waals surface area (Å²) in [5, 5.41) is 11.6. The fourth-order valence-electron chi connectivity index (χ4n) is 3.36. The topological polar surface area (TPSA) is 70.2 Å². The first kappa shape index (κ1) is 17.7. The number of ether oxygens (including phenoxy) is 1. The average Bonchev–Trinajstić information content (AvgIpc) is 3.06. The number of aromatic nitrogens is 2. The quantitative estimate of drug-likeness (QED) is 0.366. The van der Waals surface area contributed by atoms with Crippen LogP contribution in [0.3, 0.4) is 0 Å². The molecule has 0 N–H and O–H groups in total. The lowest BCUT2D eigenvalue weighted by Crippen LogP contribution is -2.07. The van der Waals surface area contributed by atoms with Crippen LogP contribution in [0, 0.1) is 10.1 Å². The van der Waals surface area contributed by atoms with Crippen molar-refractivity contribution in [3.63, 3.8) is 0 Å². The van der Waals surface area contributed by atoms with Gasteiger partial charge in [0.2, 0.25) is 0 Å². The molecule has 0 fully saturated rings. The molecule has 28 heavy (non-hydrogen) atoms. The number of fused-ring (bicyclic) bond motifs is 1. The van der Waals surface area contributed by atoms with Crippen molar-refractivity contribution in [2.45, 2.75) is 13.0 Å². The van der Waals surface area contributed by atoms with Gasteiger partial charge in [0.25, 0.3) is 5.69 Å². The highest BCUT2D eigenvalue weighted by Crippen LogP contribution is 2.28. The van der Waals surface area contributed by atoms with Gasteiger partial charge in [0, 0.05) is 19.0 Å². The minimum absolute atomic E-state index is 0.0674. The summed E-state index contributed by atoms with van der Waals surface area (Å²) >= 11 is 0. The van der Waals surface area contributed by atoms with Gasteiger partial charge in [-0.25, -0.2) is 4.98 Å². The number of hydrogen-bond acceptors (Lipinski definition) is 4. The number of nitrogens with zero attached hydrogens (tertiary/aromatic N) is 3. The molecule has 6 nitrogen and oxygen atoms in total. The van der Waals surface area contributed by atoms with Gasteiger partial charge in [-0.15, -0.1) is 0 Å². The summed E-state index contributed by atoms with van der Waals surface area (Å²) in [7, 11) is 1.62. The smallest absolute Gasteiger partial charge is 0.295 e. The third-order valence-corrected chi connectivity index (χ3v) is 4.73. The molecule has 1 aromatic heterocycles. The van der Waals surface area contributed by atoms with Crippen molar-refractivity contribution in [1.29, 1.82) is 0 Å². The number of benzene rings is 3. The predicted octanol–water partition coefficient (Wildman–Crippen LogP) is 4.59. The first-order chi connectivity index (χ1) is 13.7. The second-order valence-corrected chi connectivity index (χ2v) is 6.53. The zero-order valence-corrected chi connectivity index (χ0v) is 15.4. The van der Waals surface area contributed by atoms with Gasteiger partial charge in [0.1, 0.15) is 17.1 Å². The van der Waals surface area contributed by atoms with Crippen molar-refractivity contribution >= 4 is 16.7 Å². The Kier molecular flexibility index (Phi) is 4.76. The minimum atomic E-state index is -0.346. The summed E-state index contributed by atoms with van der Waals surface area (Å²) < 4.78 is 7.17. The first-order valence-corrected chi connectivity index (χ1v) is 8.95. The molecule has 0 amide bonds. The van der Waals surface area contributed by atoms with Gasteiger partial charge < -0.3 is 9.30 Å². The van der Waals surface area contributed by atoms with E-state index >= 15 is 0 Å². The third-order valence-electron chi connectivity index (χ3n) is 4.73. The molecule has 0 aliphatic heterocycles. The zero-order chi connectivity index (χ0) is 19.5. The number of rotatable bonds is 6. The van der Waals surface area contributed by atoms with E-state index in [0.29, 0.717) is 24.0 Å². The molecule has 0 radical (unpaired) electrons. The molecule has 0 aliphatic carbocycles. The molecule has 3 aromatic carbocycles. The Morgan fingerprint density at radius 1 is 0.964 bits per heavy atom. The van der Waals surface area contributed by atoms with Gasteiger partial charge in [-0.1, -0.05) is 48.5 Å². The maximum Gasteiger partial charge on any atom is 0.295 e. The van der Waals surface area contributed by atoms with Crippen LogP contribution in [0.1, 0.15) is 17.0 Å². The summed E-state index contributed by atoms with van der Waals surface area (Å²) in [4.78, 5) is 16.0. The Bertz CT molecular complexity index is 1120. The molecule has 6 heteroatoms. The number of hydrogen-bond donors (Lipinski definition) is 0. The van der Waals surface area contributed by atoms with Crippen LogP contribution in [0.15, 0.2) is 72.8 Å². The van der Waals surface area contributed by atoms with Crippen LogP contribution in [0.25, 0.3) is 11.0 Å². The first-order valence-electron chi connectivity index (χ1n) is 8.95. The lowest BCUT2D eigenvalue weighted by Gasteiger charge is -2.10. The van der Waals surface area contributed by atoms with Crippen LogP contribution >= 0.6 is 0 Å². The SMILES string of the molecule is COc1ccc(Cn2c(Cc3ccccc3)nc3cccc([N+](=O)[O-])c32)cc1. The van der Waals surface area contributed by atoms with Gasteiger partial charge >= 0.3 is 0 Å². The van der Waals surface area contributed by atoms with Gasteiger partial charge in [-0.3, -0.25) is 10.1 Å². The summed E-state index contributed by atoms with van der Waals surface area (Å²) in [5.74, 6) is 1.57. The molecule has 4 aromatic rings. The fourth-order valence-corrected chi connectivity index (χ4v) is 3.36. The predicted molar refractivity (Wildman–Crippen MR) is 108 cm³/mol. The van der Waals surface area contributed by atoms with E-state index in [4.69, 9.17) is 9.72 Å². The highest BCUT2D eigenvalue weighted by molar-refractivity contribution is 5.85. The molecule has 0 saturated carbocycles. The van der Waals surface area contributed by atoms with Crippen molar-refractivity contribution in [2.24, 2.45) is 0 Å². The third kappa shape index (κ3) is 3.44. The van der Waals surface area contributed by atoms with E-state index < -0.39 is 0 Å². The van der Waals surface area contributed by atoms with E-state index in [0.717, 1.165) is 22.7 Å². The Balaban J connectivity index is 1.84. The fraction of sp³-hybridized carbons (Fsp3) is 0.136. The number of nitro benzene ring substituents is 1. The van der Waals surface area contributed by atoms with E-state index in [1.807, 2.05) is 65.2 Å². The van der Waals surface area contributed by atoms with E-state index in [9.17, 15) is 10.1 Å². The molecule has 0 bridgehead atoms. The average molecular weight is 373 g/mol. The van der Waals surface area contributed by atoms with Crippen LogP contribution in [-0.4, -0.2) is 21.6 Å². The Labute approximate surface area is 162 Å². The molecular weight excluding hydrogens is 354 g/mol. The van der Waals surface area contributed by atoms with Crippen LogP contribution < -0.4 is 4.74 Å². The van der Waals surface area contributed by atoms with Gasteiger partial charge in [0.15, 0.2) is 0 Å². The van der Waals surface area contributed by atoms with Crippen molar-refractivity contribution in [3.8, 4) is 5.75 Å². The number of imidazole rings is 1. The van der Waals surface area contributed by atoms with Crippen molar-refractivity contribution < 1.29 is 9.66 Å². The summed E-state index contributed by atoms with van der Waals surface area (Å²) in [6.07, 6.45) is 0.600. The standard InChI is InChI=1S/C22H19N3O3/c1-28-18-12-10-17(11-13-18)15-24-21(14-16-6-3-2-4-7-16)23-19-8-5-9-20(22(19)24)25(26)27/h2-13H,14-15H2,1H3. The molecule has 0 aliphatic rings. The van der Waals surface area contributed by atoms with E-state index in [1.54, 1.807) is 13.2 Å². The highest BCUT2D eigenvalue weighted by Gasteiger charge is 2.20. The van der Waals surface area contributed by atoms with Crippen LogP contribution in [0.4, 0.5) is 5.69 Å². The lowest BCUT2D eigenvalue weighted by molar-refractivity contribution is -0.383. The van der Waals surface area contributed by atoms with E-state index in [2.05, 4.69) is 0 Å². The van der Waals surface area contributed by atoms with Gasteiger partial charge in [-0.05, 0) is 29.3 Å². The highest BCUT2D eigenvalue weighted by atomic mass is 16.6. The van der Waals surface area contributed by atoms with Crippen molar-refractivity contribution in [1.82, 2.24) is 9.55 Å². The number of non-ortho nitro benzene ring substituents is 1. The van der Waals surface area contributed by atoms with Crippen molar-refractivity contribution in [2.75, 3.05) is 7.11 Å². The van der Waals surface area contributed by atoms with Gasteiger partial charge in [-0.2, -0.15) is 0 Å². The van der Waals surface area contributed by atoms with Crippen LogP contribution in [-0.2, 0) is 13.0 Å². The zero-order valence-electron chi connectivity index (χ0n) is 15.4. The molecule has 0 spiro atoms. The molecular formula is C22H19N3O3. The monoisotopic (exact) mass is 373 g/mol. The molecule has 0 atom stereocenters. The Morgan fingerprint density at radius 2 is 1.71 bits per heavy atom. The molecule has 4 rings (SSSR count). The summed E-state index contributed by atoms with van der Waals surface area (Å²) in [5.41, 5.74) is 3.38. The van der Waals surface area contributed by atoms with Crippen molar-refractivity contribution in [3.05, 3.63) is 99.9 Å². The maximum absolute atomic E-state index is 11.6. The second kappa shape index (κ2) is 7.52. The largest absolute Gasteiger partial charge is 0.497 e. The number of nitro groups is 1. The summed E-state index contributed by atoms with van der Waals surface area (Å²) in [6, 6.07) is 22.7. The lowest BCUT2D eigenvalue weighted by atomic mass is 10.1. The maximum atomic E-state index is 11.6. The summed E-state index contributed by atoms with van der Waals surface area (Å²) in [6.45, 7) is 0.494. The molecule has 0 unspecified atom stereocenters. The normalized spacial score (nSPS) is 10.9. The molecule has 140 valence electrons. The Hall–Kier alpha value is -3.67. The number of para-hydroxylation sites is 1. The van der Waals surface area contributed by atoms with E-state index in [1.165, 1.54) is 6.07 Å². The second-order valence-electron chi connectivity index (χ2n) is 6.53. The molecule has 1 heterocycles. The van der Waals surface area contributed by atoms with E-state index in [-0.39, 0.29) is 10.6 Å². The van der Waals surface area contributed by atoms with Gasteiger partial charge in [0.05, 0.1) is 17.5 Å². The number of methoxy groups -OCH3 is 1. The Morgan fingerprint density at radius 3 is 2.39 bits per heavy atom.